The van der Waals surface area contributed by atoms with Crippen LogP contribution >= 0.6 is 0 Å². The maximum Gasteiger partial charge on any atom is 0.438 e. The van der Waals surface area contributed by atoms with Gasteiger partial charge in [-0.25, -0.2) is 4.79 Å². The van der Waals surface area contributed by atoms with E-state index in [4.69, 9.17) is 4.74 Å². The van der Waals surface area contributed by atoms with Gasteiger partial charge in [0.15, 0.2) is 5.82 Å². The van der Waals surface area contributed by atoms with Crippen LogP contribution in [0.2, 0.25) is 0 Å². The minimum atomic E-state index is -0.511. The first-order chi connectivity index (χ1) is 7.31. The molecular weight excluding hydrogens is 196 g/mol. The Bertz CT molecular complexity index is 352. The summed E-state index contributed by atoms with van der Waals surface area (Å²) in [7, 11) is 1.65. The van der Waals surface area contributed by atoms with Gasteiger partial charge in [-0.1, -0.05) is 24.4 Å². The van der Waals surface area contributed by atoms with Crippen molar-refractivity contribution in [2.45, 2.75) is 38.2 Å². The van der Waals surface area contributed by atoms with Gasteiger partial charge < -0.3 is 4.74 Å². The minimum Gasteiger partial charge on any atom is -0.373 e. The van der Waals surface area contributed by atoms with Crippen molar-refractivity contribution in [3.63, 3.8) is 0 Å². The summed E-state index contributed by atoms with van der Waals surface area (Å²) in [5.41, 5.74) is 0. The number of aromatic nitrogens is 2. The van der Waals surface area contributed by atoms with Gasteiger partial charge >= 0.3 is 5.76 Å². The maximum atomic E-state index is 10.9. The predicted octanol–water partition coefficient (Wildman–Crippen LogP) is 1.63. The second-order valence-electron chi connectivity index (χ2n) is 4.03. The Morgan fingerprint density at radius 2 is 2.20 bits per heavy atom. The van der Waals surface area contributed by atoms with E-state index in [2.05, 4.69) is 14.7 Å². The van der Waals surface area contributed by atoms with E-state index in [1.165, 1.54) is 19.3 Å². The first kappa shape index (κ1) is 10.4. The summed E-state index contributed by atoms with van der Waals surface area (Å²) in [6.07, 6.45) is 5.89. The van der Waals surface area contributed by atoms with Crippen LogP contribution in [0.1, 0.15) is 44.0 Å². The van der Waals surface area contributed by atoms with Crippen LogP contribution in [0.3, 0.4) is 0 Å². The third kappa shape index (κ3) is 2.28. The highest BCUT2D eigenvalue weighted by atomic mass is 16.5. The lowest BCUT2D eigenvalue weighted by Gasteiger charge is -2.27. The fourth-order valence-electron chi connectivity index (χ4n) is 2.33. The molecule has 0 radical (unpaired) electrons. The van der Waals surface area contributed by atoms with Crippen molar-refractivity contribution in [3.05, 3.63) is 16.4 Å². The molecule has 1 heterocycles. The van der Waals surface area contributed by atoms with E-state index in [1.54, 1.807) is 7.11 Å². The van der Waals surface area contributed by atoms with Crippen molar-refractivity contribution in [2.24, 2.45) is 5.92 Å². The summed E-state index contributed by atoms with van der Waals surface area (Å²) in [5, 5.41) is 3.69. The zero-order valence-electron chi connectivity index (χ0n) is 8.86. The van der Waals surface area contributed by atoms with E-state index in [1.807, 2.05) is 0 Å². The molecule has 5 nitrogen and oxygen atoms in total. The summed E-state index contributed by atoms with van der Waals surface area (Å²) in [6.45, 7) is 0. The van der Waals surface area contributed by atoms with Crippen LogP contribution in [0.25, 0.3) is 0 Å². The van der Waals surface area contributed by atoms with Crippen molar-refractivity contribution in [1.82, 2.24) is 10.1 Å². The van der Waals surface area contributed by atoms with E-state index >= 15 is 0 Å². The molecule has 0 spiro atoms. The number of hydrogen-bond donors (Lipinski definition) is 1. The SMILES string of the molecule is COC(c1noc(=O)[nH]1)C1CCCCC1. The van der Waals surface area contributed by atoms with Crippen LogP contribution in [0.5, 0.6) is 0 Å². The molecule has 1 aliphatic carbocycles. The molecule has 0 saturated heterocycles. The Balaban J connectivity index is 2.12. The van der Waals surface area contributed by atoms with Crippen molar-refractivity contribution in [2.75, 3.05) is 7.11 Å². The zero-order valence-corrected chi connectivity index (χ0v) is 8.86. The molecule has 15 heavy (non-hydrogen) atoms. The number of rotatable bonds is 3. The van der Waals surface area contributed by atoms with Gasteiger partial charge in [-0.2, -0.15) is 0 Å². The number of H-pyrrole nitrogens is 1. The average molecular weight is 212 g/mol. The molecule has 0 aliphatic heterocycles. The fourth-order valence-corrected chi connectivity index (χ4v) is 2.33. The zero-order chi connectivity index (χ0) is 10.7. The molecule has 0 bridgehead atoms. The first-order valence-electron chi connectivity index (χ1n) is 5.40. The number of methoxy groups -OCH3 is 1. The molecule has 1 saturated carbocycles. The molecule has 1 aromatic rings. The number of nitrogens with one attached hydrogen (secondary N) is 1. The summed E-state index contributed by atoms with van der Waals surface area (Å²) in [5.74, 6) is 0.460. The van der Waals surface area contributed by atoms with Gasteiger partial charge in [-0.05, 0) is 18.8 Å². The van der Waals surface area contributed by atoms with Crippen molar-refractivity contribution < 1.29 is 9.26 Å². The normalized spacial score (nSPS) is 20.3. The second-order valence-corrected chi connectivity index (χ2v) is 4.03. The third-order valence-electron chi connectivity index (χ3n) is 3.06. The van der Waals surface area contributed by atoms with E-state index in [0.717, 1.165) is 12.8 Å². The van der Waals surface area contributed by atoms with Crippen molar-refractivity contribution >= 4 is 0 Å². The summed E-state index contributed by atoms with van der Waals surface area (Å²) in [4.78, 5) is 13.4. The Hall–Kier alpha value is -1.10. The molecule has 1 aromatic heterocycles. The third-order valence-corrected chi connectivity index (χ3v) is 3.06. The molecule has 1 aliphatic rings. The van der Waals surface area contributed by atoms with Crippen LogP contribution in [-0.4, -0.2) is 17.3 Å². The second kappa shape index (κ2) is 4.61. The lowest BCUT2D eigenvalue weighted by molar-refractivity contribution is 0.0273. The Labute approximate surface area is 87.8 Å². The molecule has 84 valence electrons. The molecule has 1 atom stereocenters. The summed E-state index contributed by atoms with van der Waals surface area (Å²) >= 11 is 0. The van der Waals surface area contributed by atoms with Gasteiger partial charge in [0.05, 0.1) is 0 Å². The summed E-state index contributed by atoms with van der Waals surface area (Å²) < 4.78 is 9.89. The van der Waals surface area contributed by atoms with Gasteiger partial charge in [0.1, 0.15) is 6.10 Å². The number of nitrogens with zero attached hydrogens (tertiary/aromatic N) is 1. The Kier molecular flexibility index (Phi) is 3.20. The van der Waals surface area contributed by atoms with Gasteiger partial charge in [0, 0.05) is 7.11 Å². The van der Waals surface area contributed by atoms with Crippen molar-refractivity contribution in [1.29, 1.82) is 0 Å². The van der Waals surface area contributed by atoms with E-state index in [0.29, 0.717) is 11.7 Å². The highest BCUT2D eigenvalue weighted by molar-refractivity contribution is 4.91. The standard InChI is InChI=1S/C10H16N2O3/c1-14-8(7-5-3-2-4-6-7)9-11-10(13)15-12-9/h7-8H,2-6H2,1H3,(H,11,12,13). The number of ether oxygens (including phenoxy) is 1. The van der Waals surface area contributed by atoms with Crippen LogP contribution in [0, 0.1) is 5.92 Å². The van der Waals surface area contributed by atoms with Crippen LogP contribution < -0.4 is 5.76 Å². The molecule has 2 rings (SSSR count). The van der Waals surface area contributed by atoms with Crippen LogP contribution in [0.15, 0.2) is 9.32 Å². The predicted molar refractivity (Wildman–Crippen MR) is 53.4 cm³/mol. The Morgan fingerprint density at radius 1 is 1.47 bits per heavy atom. The highest BCUT2D eigenvalue weighted by Crippen LogP contribution is 2.34. The molecule has 0 amide bonds. The fraction of sp³-hybridized carbons (Fsp3) is 0.800. The van der Waals surface area contributed by atoms with E-state index in [9.17, 15) is 4.79 Å². The van der Waals surface area contributed by atoms with Gasteiger partial charge in [-0.15, -0.1) is 0 Å². The van der Waals surface area contributed by atoms with Crippen LogP contribution in [0.4, 0.5) is 0 Å². The lowest BCUT2D eigenvalue weighted by Crippen LogP contribution is -2.19. The van der Waals surface area contributed by atoms with Gasteiger partial charge in [0.2, 0.25) is 0 Å². The molecule has 1 N–H and O–H groups in total. The lowest BCUT2D eigenvalue weighted by atomic mass is 9.85. The molecular formula is C10H16N2O3. The largest absolute Gasteiger partial charge is 0.438 e. The number of aromatic amines is 1. The van der Waals surface area contributed by atoms with E-state index in [-0.39, 0.29) is 6.10 Å². The number of hydrogen-bond acceptors (Lipinski definition) is 4. The summed E-state index contributed by atoms with van der Waals surface area (Å²) in [6, 6.07) is 0. The van der Waals surface area contributed by atoms with Crippen molar-refractivity contribution in [3.8, 4) is 0 Å². The van der Waals surface area contributed by atoms with Gasteiger partial charge in [-0.3, -0.25) is 9.51 Å². The topological polar surface area (TPSA) is 68.1 Å². The minimum absolute atomic E-state index is 0.128. The molecule has 1 fully saturated rings. The van der Waals surface area contributed by atoms with Crippen LogP contribution in [-0.2, 0) is 4.74 Å². The first-order valence-corrected chi connectivity index (χ1v) is 5.40. The van der Waals surface area contributed by atoms with E-state index < -0.39 is 5.76 Å². The highest BCUT2D eigenvalue weighted by Gasteiger charge is 2.27. The monoisotopic (exact) mass is 212 g/mol. The molecule has 0 aromatic carbocycles. The maximum absolute atomic E-state index is 10.9. The average Bonchev–Trinajstić information content (AvgIpc) is 2.68. The van der Waals surface area contributed by atoms with Gasteiger partial charge in [0.25, 0.3) is 0 Å². The quantitative estimate of drug-likeness (QED) is 0.826. The molecule has 5 heteroatoms. The smallest absolute Gasteiger partial charge is 0.373 e. The molecule has 1 unspecified atom stereocenters. The Morgan fingerprint density at radius 3 is 2.73 bits per heavy atom.